The fourth-order valence-corrected chi connectivity index (χ4v) is 2.42. The first-order chi connectivity index (χ1) is 9.33. The molecule has 1 aliphatic carbocycles. The van der Waals surface area contributed by atoms with Crippen LogP contribution in [0.5, 0.6) is 0 Å². The lowest BCUT2D eigenvalue weighted by Crippen LogP contribution is -2.00. The Bertz CT molecular complexity index is 541. The maximum Gasteiger partial charge on any atom is 0.0887 e. The number of aryl methyl sites for hydroxylation is 1. The van der Waals surface area contributed by atoms with Crippen molar-refractivity contribution in [2.75, 3.05) is 6.61 Å². The smallest absolute Gasteiger partial charge is 0.0887 e. The second-order valence-electron chi connectivity index (χ2n) is 5.23. The monoisotopic (exact) mass is 254 g/mol. The molecular formula is C16H18N2O. The van der Waals surface area contributed by atoms with Crippen LogP contribution in [0.15, 0.2) is 42.9 Å². The third kappa shape index (κ3) is 3.18. The third-order valence-corrected chi connectivity index (χ3v) is 3.55. The second-order valence-corrected chi connectivity index (χ2v) is 5.23. The van der Waals surface area contributed by atoms with Crippen LogP contribution in [0.25, 0.3) is 0 Å². The highest BCUT2D eigenvalue weighted by Gasteiger charge is 2.38. The van der Waals surface area contributed by atoms with E-state index in [4.69, 9.17) is 4.74 Å². The summed E-state index contributed by atoms with van der Waals surface area (Å²) in [5, 5.41) is 0. The summed E-state index contributed by atoms with van der Waals surface area (Å²) in [4.78, 5) is 8.51. The number of hydrogen-bond donors (Lipinski definition) is 0. The van der Waals surface area contributed by atoms with Gasteiger partial charge in [0.2, 0.25) is 0 Å². The molecule has 0 unspecified atom stereocenters. The molecule has 2 atom stereocenters. The highest BCUT2D eigenvalue weighted by atomic mass is 16.5. The van der Waals surface area contributed by atoms with Gasteiger partial charge in [0.15, 0.2) is 0 Å². The van der Waals surface area contributed by atoms with Gasteiger partial charge < -0.3 is 4.74 Å². The lowest BCUT2D eigenvalue weighted by molar-refractivity contribution is 0.107. The van der Waals surface area contributed by atoms with Crippen LogP contribution in [-0.4, -0.2) is 16.6 Å². The number of pyridine rings is 2. The van der Waals surface area contributed by atoms with E-state index in [1.54, 1.807) is 6.20 Å². The Morgan fingerprint density at radius 2 is 2.26 bits per heavy atom. The minimum atomic E-state index is 0.607. The van der Waals surface area contributed by atoms with Crippen LogP contribution >= 0.6 is 0 Å². The van der Waals surface area contributed by atoms with E-state index in [1.165, 1.54) is 17.5 Å². The SMILES string of the molecule is Cc1cncc([C@H]2C[C@@H]2COCc2ccccn2)c1. The first kappa shape index (κ1) is 12.3. The van der Waals surface area contributed by atoms with Gasteiger partial charge in [0.05, 0.1) is 18.9 Å². The van der Waals surface area contributed by atoms with E-state index in [1.807, 2.05) is 30.6 Å². The molecule has 0 N–H and O–H groups in total. The Hall–Kier alpha value is -1.74. The Labute approximate surface area is 113 Å². The molecule has 19 heavy (non-hydrogen) atoms. The van der Waals surface area contributed by atoms with Gasteiger partial charge in [-0.25, -0.2) is 0 Å². The van der Waals surface area contributed by atoms with E-state index >= 15 is 0 Å². The first-order valence-corrected chi connectivity index (χ1v) is 6.72. The molecule has 3 heteroatoms. The molecule has 0 saturated heterocycles. The van der Waals surface area contributed by atoms with E-state index in [-0.39, 0.29) is 0 Å². The highest BCUT2D eigenvalue weighted by Crippen LogP contribution is 2.47. The minimum Gasteiger partial charge on any atom is -0.375 e. The van der Waals surface area contributed by atoms with Gasteiger partial charge >= 0.3 is 0 Å². The molecule has 3 nitrogen and oxygen atoms in total. The molecule has 3 rings (SSSR count). The first-order valence-electron chi connectivity index (χ1n) is 6.72. The fraction of sp³-hybridized carbons (Fsp3) is 0.375. The molecule has 1 aliphatic rings. The molecule has 0 spiro atoms. The average molecular weight is 254 g/mol. The molecule has 2 heterocycles. The molecule has 0 amide bonds. The zero-order chi connectivity index (χ0) is 13.1. The van der Waals surface area contributed by atoms with Crippen molar-refractivity contribution < 1.29 is 4.74 Å². The van der Waals surface area contributed by atoms with E-state index in [2.05, 4.69) is 23.0 Å². The molecule has 2 aromatic rings. The van der Waals surface area contributed by atoms with Crippen LogP contribution in [0.2, 0.25) is 0 Å². The molecule has 0 aliphatic heterocycles. The van der Waals surface area contributed by atoms with Crippen molar-refractivity contribution in [1.82, 2.24) is 9.97 Å². The molecule has 2 aromatic heterocycles. The summed E-state index contributed by atoms with van der Waals surface area (Å²) in [6, 6.07) is 8.14. The molecule has 1 saturated carbocycles. The van der Waals surface area contributed by atoms with Crippen LogP contribution in [0.3, 0.4) is 0 Å². The summed E-state index contributed by atoms with van der Waals surface area (Å²) < 4.78 is 5.74. The Morgan fingerprint density at radius 3 is 3.05 bits per heavy atom. The molecule has 0 radical (unpaired) electrons. The topological polar surface area (TPSA) is 35.0 Å². The standard InChI is InChI=1S/C16H18N2O/c1-12-6-13(9-17-8-12)16-7-14(16)10-19-11-15-4-2-3-5-18-15/h2-6,8-9,14,16H,7,10-11H2,1H3/t14-,16-/m1/s1. The van der Waals surface area contributed by atoms with E-state index in [0.29, 0.717) is 18.4 Å². The van der Waals surface area contributed by atoms with Gasteiger partial charge in [-0.1, -0.05) is 12.1 Å². The number of ether oxygens (including phenoxy) is 1. The second kappa shape index (κ2) is 5.49. The molecular weight excluding hydrogens is 236 g/mol. The summed E-state index contributed by atoms with van der Waals surface area (Å²) in [6.45, 7) is 3.51. The molecule has 98 valence electrons. The van der Waals surface area contributed by atoms with E-state index < -0.39 is 0 Å². The Morgan fingerprint density at radius 1 is 1.32 bits per heavy atom. The zero-order valence-corrected chi connectivity index (χ0v) is 11.1. The van der Waals surface area contributed by atoms with Gasteiger partial charge in [0.1, 0.15) is 0 Å². The van der Waals surface area contributed by atoms with Crippen molar-refractivity contribution >= 4 is 0 Å². The fourth-order valence-electron chi connectivity index (χ4n) is 2.42. The number of aromatic nitrogens is 2. The lowest BCUT2D eigenvalue weighted by atomic mass is 10.1. The predicted molar refractivity (Wildman–Crippen MR) is 73.7 cm³/mol. The van der Waals surface area contributed by atoms with Gasteiger partial charge in [0.25, 0.3) is 0 Å². The van der Waals surface area contributed by atoms with Crippen molar-refractivity contribution in [3.8, 4) is 0 Å². The Kier molecular flexibility index (Phi) is 3.56. The predicted octanol–water partition coefficient (Wildman–Crippen LogP) is 3.11. The minimum absolute atomic E-state index is 0.607. The van der Waals surface area contributed by atoms with Crippen molar-refractivity contribution in [2.45, 2.75) is 25.9 Å². The van der Waals surface area contributed by atoms with Crippen molar-refractivity contribution in [2.24, 2.45) is 5.92 Å². The molecule has 0 aromatic carbocycles. The van der Waals surface area contributed by atoms with Crippen LogP contribution < -0.4 is 0 Å². The van der Waals surface area contributed by atoms with Crippen molar-refractivity contribution in [1.29, 1.82) is 0 Å². The average Bonchev–Trinajstić information content (AvgIpc) is 3.20. The summed E-state index contributed by atoms with van der Waals surface area (Å²) >= 11 is 0. The van der Waals surface area contributed by atoms with Crippen molar-refractivity contribution in [3.63, 3.8) is 0 Å². The number of rotatable bonds is 5. The van der Waals surface area contributed by atoms with E-state index in [0.717, 1.165) is 12.3 Å². The summed E-state index contributed by atoms with van der Waals surface area (Å²) in [6.07, 6.45) is 6.90. The quantitative estimate of drug-likeness (QED) is 0.822. The van der Waals surface area contributed by atoms with Gasteiger partial charge in [-0.05, 0) is 48.4 Å². The van der Waals surface area contributed by atoms with Gasteiger partial charge in [-0.15, -0.1) is 0 Å². The van der Waals surface area contributed by atoms with Gasteiger partial charge in [0, 0.05) is 18.6 Å². The number of hydrogen-bond acceptors (Lipinski definition) is 3. The summed E-state index contributed by atoms with van der Waals surface area (Å²) in [5.74, 6) is 1.28. The summed E-state index contributed by atoms with van der Waals surface area (Å²) in [5.41, 5.74) is 3.58. The van der Waals surface area contributed by atoms with Crippen LogP contribution in [0.1, 0.15) is 29.2 Å². The molecule has 1 fully saturated rings. The van der Waals surface area contributed by atoms with Gasteiger partial charge in [-0.2, -0.15) is 0 Å². The Balaban J connectivity index is 1.46. The molecule has 0 bridgehead atoms. The summed E-state index contributed by atoms with van der Waals surface area (Å²) in [7, 11) is 0. The lowest BCUT2D eigenvalue weighted by Gasteiger charge is -2.04. The zero-order valence-electron chi connectivity index (χ0n) is 11.1. The van der Waals surface area contributed by atoms with Gasteiger partial charge in [-0.3, -0.25) is 9.97 Å². The normalized spacial score (nSPS) is 21.3. The van der Waals surface area contributed by atoms with E-state index in [9.17, 15) is 0 Å². The largest absolute Gasteiger partial charge is 0.375 e. The van der Waals surface area contributed by atoms with Crippen LogP contribution in [0, 0.1) is 12.8 Å². The number of nitrogens with zero attached hydrogens (tertiary/aromatic N) is 2. The van der Waals surface area contributed by atoms with Crippen molar-refractivity contribution in [3.05, 3.63) is 59.7 Å². The third-order valence-electron chi connectivity index (χ3n) is 3.55. The van der Waals surface area contributed by atoms with Crippen LogP contribution in [-0.2, 0) is 11.3 Å². The maximum absolute atomic E-state index is 5.74. The van der Waals surface area contributed by atoms with Crippen LogP contribution in [0.4, 0.5) is 0 Å². The maximum atomic E-state index is 5.74. The highest BCUT2D eigenvalue weighted by molar-refractivity contribution is 5.26.